The van der Waals surface area contributed by atoms with Crippen LogP contribution in [0.15, 0.2) is 54.6 Å². The summed E-state index contributed by atoms with van der Waals surface area (Å²) in [5.74, 6) is 1.75. The van der Waals surface area contributed by atoms with Crippen LogP contribution in [-0.4, -0.2) is 6.54 Å². The van der Waals surface area contributed by atoms with Crippen LogP contribution in [-0.2, 0) is 0 Å². The van der Waals surface area contributed by atoms with E-state index >= 15 is 0 Å². The Hall–Kier alpha value is -1.96. The molecule has 1 N–H and O–H groups in total. The van der Waals surface area contributed by atoms with Crippen molar-refractivity contribution in [3.05, 3.63) is 54.6 Å². The largest absolute Gasteiger partial charge is 0.457 e. The van der Waals surface area contributed by atoms with Gasteiger partial charge in [0, 0.05) is 12.2 Å². The lowest BCUT2D eigenvalue weighted by Gasteiger charge is -2.09. The van der Waals surface area contributed by atoms with Crippen LogP contribution >= 0.6 is 0 Å². The summed E-state index contributed by atoms with van der Waals surface area (Å²) in [6, 6.07) is 18.1. The molecule has 0 fully saturated rings. The molecule has 0 aliphatic heterocycles. The van der Waals surface area contributed by atoms with Crippen molar-refractivity contribution in [1.82, 2.24) is 0 Å². The van der Waals surface area contributed by atoms with E-state index in [1.54, 1.807) is 0 Å². The van der Waals surface area contributed by atoms with Gasteiger partial charge in [-0.15, -0.1) is 0 Å². The van der Waals surface area contributed by atoms with Crippen molar-refractivity contribution in [1.29, 1.82) is 0 Å². The second-order valence-corrected chi connectivity index (χ2v) is 6.34. The van der Waals surface area contributed by atoms with Crippen molar-refractivity contribution in [2.75, 3.05) is 11.9 Å². The third-order valence-corrected chi connectivity index (χ3v) is 4.19. The molecule has 0 unspecified atom stereocenters. The maximum atomic E-state index is 5.80. The first-order valence-electron chi connectivity index (χ1n) is 9.45. The standard InChI is InChI=1S/C22H31NO/c1-2-3-4-5-6-7-8-12-19-23-20-15-17-22(18-16-20)24-21-13-10-9-11-14-21/h9-11,13-18,23H,2-8,12,19H2,1H3. The molecule has 0 aliphatic carbocycles. The molecule has 2 nitrogen and oxygen atoms in total. The fourth-order valence-electron chi connectivity index (χ4n) is 2.76. The van der Waals surface area contributed by atoms with E-state index in [1.807, 2.05) is 42.5 Å². The van der Waals surface area contributed by atoms with E-state index in [9.17, 15) is 0 Å². The zero-order valence-corrected chi connectivity index (χ0v) is 15.0. The van der Waals surface area contributed by atoms with E-state index in [2.05, 4.69) is 24.4 Å². The Balaban J connectivity index is 1.57. The smallest absolute Gasteiger partial charge is 0.127 e. The quantitative estimate of drug-likeness (QED) is 0.423. The van der Waals surface area contributed by atoms with Crippen LogP contribution in [0.4, 0.5) is 5.69 Å². The number of unbranched alkanes of at least 4 members (excludes halogenated alkanes) is 7. The van der Waals surface area contributed by atoms with Gasteiger partial charge in [0.1, 0.15) is 11.5 Å². The van der Waals surface area contributed by atoms with Gasteiger partial charge < -0.3 is 10.1 Å². The number of hydrogen-bond donors (Lipinski definition) is 1. The molecule has 0 atom stereocenters. The Morgan fingerprint density at radius 1 is 0.667 bits per heavy atom. The predicted molar refractivity (Wildman–Crippen MR) is 104 cm³/mol. The van der Waals surface area contributed by atoms with Gasteiger partial charge in [0.25, 0.3) is 0 Å². The Bertz CT molecular complexity index is 536. The molecule has 2 aromatic rings. The lowest BCUT2D eigenvalue weighted by Crippen LogP contribution is -2.01. The maximum Gasteiger partial charge on any atom is 0.127 e. The molecule has 0 amide bonds. The number of anilines is 1. The van der Waals surface area contributed by atoms with Crippen molar-refractivity contribution in [3.8, 4) is 11.5 Å². The molecule has 24 heavy (non-hydrogen) atoms. The van der Waals surface area contributed by atoms with Crippen LogP contribution in [0.1, 0.15) is 58.3 Å². The second kappa shape index (κ2) is 11.6. The molecular formula is C22H31NO. The van der Waals surface area contributed by atoms with E-state index in [-0.39, 0.29) is 0 Å². The Labute approximate surface area is 147 Å². The number of benzene rings is 2. The highest BCUT2D eigenvalue weighted by molar-refractivity contribution is 5.47. The van der Waals surface area contributed by atoms with Crippen LogP contribution in [0.5, 0.6) is 11.5 Å². The van der Waals surface area contributed by atoms with Gasteiger partial charge in [-0.25, -0.2) is 0 Å². The fourth-order valence-corrected chi connectivity index (χ4v) is 2.76. The predicted octanol–water partition coefficient (Wildman–Crippen LogP) is 7.03. The zero-order valence-electron chi connectivity index (χ0n) is 15.0. The molecule has 2 aromatic carbocycles. The maximum absolute atomic E-state index is 5.80. The molecule has 0 saturated carbocycles. The van der Waals surface area contributed by atoms with Crippen molar-refractivity contribution < 1.29 is 4.74 Å². The summed E-state index contributed by atoms with van der Waals surface area (Å²) in [4.78, 5) is 0. The average Bonchev–Trinajstić information content (AvgIpc) is 2.62. The lowest BCUT2D eigenvalue weighted by molar-refractivity contribution is 0.483. The molecule has 0 saturated heterocycles. The van der Waals surface area contributed by atoms with Crippen LogP contribution in [0, 0.1) is 0 Å². The Morgan fingerprint density at radius 3 is 1.92 bits per heavy atom. The third-order valence-electron chi connectivity index (χ3n) is 4.19. The highest BCUT2D eigenvalue weighted by atomic mass is 16.5. The molecule has 0 spiro atoms. The SMILES string of the molecule is CCCCCCCCCCNc1ccc(Oc2ccccc2)cc1. The summed E-state index contributed by atoms with van der Waals surface area (Å²) in [5.41, 5.74) is 1.17. The molecular weight excluding hydrogens is 294 g/mol. The van der Waals surface area contributed by atoms with Crippen LogP contribution < -0.4 is 10.1 Å². The van der Waals surface area contributed by atoms with Crippen molar-refractivity contribution in [2.45, 2.75) is 58.3 Å². The number of rotatable bonds is 12. The summed E-state index contributed by atoms with van der Waals surface area (Å²) in [6.45, 7) is 3.32. The van der Waals surface area contributed by atoms with Gasteiger partial charge >= 0.3 is 0 Å². The minimum Gasteiger partial charge on any atom is -0.457 e. The van der Waals surface area contributed by atoms with E-state index in [4.69, 9.17) is 4.74 Å². The van der Waals surface area contributed by atoms with Crippen LogP contribution in [0.25, 0.3) is 0 Å². The lowest BCUT2D eigenvalue weighted by atomic mass is 10.1. The molecule has 2 rings (SSSR count). The van der Waals surface area contributed by atoms with Gasteiger partial charge in [0.2, 0.25) is 0 Å². The summed E-state index contributed by atoms with van der Waals surface area (Å²) in [7, 11) is 0. The first kappa shape index (κ1) is 18.4. The van der Waals surface area contributed by atoms with Gasteiger partial charge in [0.15, 0.2) is 0 Å². The van der Waals surface area contributed by atoms with Crippen LogP contribution in [0.3, 0.4) is 0 Å². The highest BCUT2D eigenvalue weighted by Crippen LogP contribution is 2.22. The van der Waals surface area contributed by atoms with Gasteiger partial charge in [-0.3, -0.25) is 0 Å². The monoisotopic (exact) mass is 325 g/mol. The summed E-state index contributed by atoms with van der Waals surface area (Å²) >= 11 is 0. The summed E-state index contributed by atoms with van der Waals surface area (Å²) in [6.07, 6.45) is 10.9. The van der Waals surface area contributed by atoms with E-state index in [0.717, 1.165) is 18.0 Å². The minimum absolute atomic E-state index is 0.872. The van der Waals surface area contributed by atoms with Crippen molar-refractivity contribution >= 4 is 5.69 Å². The number of ether oxygens (including phenoxy) is 1. The van der Waals surface area contributed by atoms with E-state index in [1.165, 1.54) is 57.1 Å². The van der Waals surface area contributed by atoms with Gasteiger partial charge in [-0.1, -0.05) is 70.1 Å². The second-order valence-electron chi connectivity index (χ2n) is 6.34. The van der Waals surface area contributed by atoms with E-state index < -0.39 is 0 Å². The van der Waals surface area contributed by atoms with Gasteiger partial charge in [0.05, 0.1) is 0 Å². The van der Waals surface area contributed by atoms with Crippen LogP contribution in [0.2, 0.25) is 0 Å². The molecule has 0 radical (unpaired) electrons. The molecule has 0 aliphatic rings. The van der Waals surface area contributed by atoms with E-state index in [0.29, 0.717) is 0 Å². The summed E-state index contributed by atoms with van der Waals surface area (Å²) in [5, 5.41) is 3.49. The number of nitrogens with one attached hydrogen (secondary N) is 1. The van der Waals surface area contributed by atoms with Crippen molar-refractivity contribution in [2.24, 2.45) is 0 Å². The minimum atomic E-state index is 0.872. The first-order valence-corrected chi connectivity index (χ1v) is 9.45. The summed E-state index contributed by atoms with van der Waals surface area (Å²) < 4.78 is 5.80. The van der Waals surface area contributed by atoms with Gasteiger partial charge in [-0.2, -0.15) is 0 Å². The molecule has 130 valence electrons. The normalized spacial score (nSPS) is 10.5. The number of para-hydroxylation sites is 1. The topological polar surface area (TPSA) is 21.3 Å². The average molecular weight is 325 g/mol. The van der Waals surface area contributed by atoms with Gasteiger partial charge in [-0.05, 0) is 42.8 Å². The van der Waals surface area contributed by atoms with Crippen molar-refractivity contribution in [3.63, 3.8) is 0 Å². The first-order chi connectivity index (χ1) is 11.9. The Kier molecular flexibility index (Phi) is 8.85. The Morgan fingerprint density at radius 2 is 1.25 bits per heavy atom. The number of hydrogen-bond acceptors (Lipinski definition) is 2. The fraction of sp³-hybridized carbons (Fsp3) is 0.455. The molecule has 2 heteroatoms. The highest BCUT2D eigenvalue weighted by Gasteiger charge is 1.97. The third kappa shape index (κ3) is 7.54. The molecule has 0 aromatic heterocycles. The zero-order chi connectivity index (χ0) is 16.9. The molecule has 0 bridgehead atoms. The molecule has 0 heterocycles.